The highest BCUT2D eigenvalue weighted by atomic mass is 16.5. The lowest BCUT2D eigenvalue weighted by Crippen LogP contribution is -2.25. The first kappa shape index (κ1) is 22.6. The van der Waals surface area contributed by atoms with Crippen molar-refractivity contribution in [1.82, 2.24) is 9.55 Å². The molecule has 0 unspecified atom stereocenters. The number of ether oxygens (including phenoxy) is 2. The molecular weight excluding hydrogens is 478 g/mol. The largest absolute Gasteiger partial charge is 0.494 e. The summed E-state index contributed by atoms with van der Waals surface area (Å²) in [6.07, 6.45) is 5.52. The number of nitrogens with zero attached hydrogens (tertiary/aromatic N) is 3. The SMILES string of the molecule is C[C@]12CC[C@](CCOc3cccc4cnccc34)(O1)c1c2c(O)n(-c2ccc(C#N)c3ccccc23)c1O. The van der Waals surface area contributed by atoms with Crippen LogP contribution in [0.1, 0.15) is 42.9 Å². The summed E-state index contributed by atoms with van der Waals surface area (Å²) in [6.45, 7) is 2.35. The van der Waals surface area contributed by atoms with E-state index in [0.717, 1.165) is 33.7 Å². The maximum atomic E-state index is 11.6. The van der Waals surface area contributed by atoms with E-state index in [1.54, 1.807) is 18.3 Å². The molecule has 2 N–H and O–H groups in total. The molecule has 0 spiro atoms. The molecule has 1 fully saturated rings. The first-order valence-corrected chi connectivity index (χ1v) is 12.7. The fourth-order valence-corrected chi connectivity index (χ4v) is 6.46. The van der Waals surface area contributed by atoms with Crippen molar-refractivity contribution in [2.75, 3.05) is 6.61 Å². The first-order chi connectivity index (χ1) is 18.5. The number of aromatic nitrogens is 2. The van der Waals surface area contributed by atoms with Gasteiger partial charge in [0.2, 0.25) is 11.8 Å². The van der Waals surface area contributed by atoms with E-state index < -0.39 is 11.2 Å². The number of hydrogen-bond acceptors (Lipinski definition) is 6. The van der Waals surface area contributed by atoms with Crippen LogP contribution in [0.15, 0.2) is 73.1 Å². The van der Waals surface area contributed by atoms with Gasteiger partial charge in [0.25, 0.3) is 0 Å². The van der Waals surface area contributed by atoms with E-state index in [2.05, 4.69) is 11.1 Å². The summed E-state index contributed by atoms with van der Waals surface area (Å²) in [5.41, 5.74) is 0.925. The molecule has 5 aromatic rings. The maximum Gasteiger partial charge on any atom is 0.205 e. The summed E-state index contributed by atoms with van der Waals surface area (Å²) in [6, 6.07) is 21.1. The maximum absolute atomic E-state index is 11.6. The van der Waals surface area contributed by atoms with Crippen LogP contribution >= 0.6 is 0 Å². The third-order valence-electron chi connectivity index (χ3n) is 8.20. The second-order valence-electron chi connectivity index (χ2n) is 10.3. The number of fused-ring (bicyclic) bond motifs is 7. The zero-order valence-corrected chi connectivity index (χ0v) is 20.8. The van der Waals surface area contributed by atoms with Gasteiger partial charge in [-0.2, -0.15) is 5.26 Å². The van der Waals surface area contributed by atoms with Gasteiger partial charge in [0.05, 0.1) is 40.7 Å². The Morgan fingerprint density at radius 2 is 1.79 bits per heavy atom. The molecule has 188 valence electrons. The molecule has 2 aliphatic rings. The van der Waals surface area contributed by atoms with Gasteiger partial charge in [0.1, 0.15) is 11.4 Å². The Morgan fingerprint density at radius 1 is 0.974 bits per heavy atom. The summed E-state index contributed by atoms with van der Waals surface area (Å²) in [5, 5.41) is 36.3. The number of nitriles is 1. The monoisotopic (exact) mass is 503 g/mol. The number of pyridine rings is 1. The predicted molar refractivity (Wildman–Crippen MR) is 143 cm³/mol. The Kier molecular flexibility index (Phi) is 4.75. The zero-order chi connectivity index (χ0) is 26.1. The molecule has 7 rings (SSSR count). The van der Waals surface area contributed by atoms with E-state index in [-0.39, 0.29) is 11.8 Å². The highest BCUT2D eigenvalue weighted by molar-refractivity contribution is 5.95. The molecule has 7 heteroatoms. The third kappa shape index (κ3) is 3.01. The molecule has 1 saturated heterocycles. The molecule has 2 aliphatic heterocycles. The summed E-state index contributed by atoms with van der Waals surface area (Å²) >= 11 is 0. The molecule has 0 radical (unpaired) electrons. The van der Waals surface area contributed by atoms with Gasteiger partial charge in [-0.25, -0.2) is 0 Å². The molecule has 4 heterocycles. The van der Waals surface area contributed by atoms with Crippen molar-refractivity contribution in [3.63, 3.8) is 0 Å². The van der Waals surface area contributed by atoms with Crippen LogP contribution in [0.4, 0.5) is 0 Å². The average Bonchev–Trinajstić information content (AvgIpc) is 3.52. The van der Waals surface area contributed by atoms with Gasteiger partial charge in [-0.05, 0) is 44.0 Å². The Morgan fingerprint density at radius 3 is 2.63 bits per heavy atom. The molecule has 0 aliphatic carbocycles. The number of rotatable bonds is 5. The Labute approximate surface area is 219 Å². The highest BCUT2D eigenvalue weighted by Gasteiger charge is 2.61. The van der Waals surface area contributed by atoms with Crippen molar-refractivity contribution in [2.45, 2.75) is 37.4 Å². The van der Waals surface area contributed by atoms with Gasteiger partial charge >= 0.3 is 0 Å². The number of benzene rings is 3. The topological polar surface area (TPSA) is 101 Å². The van der Waals surface area contributed by atoms with Gasteiger partial charge < -0.3 is 19.7 Å². The molecule has 0 saturated carbocycles. The Balaban J connectivity index is 1.29. The van der Waals surface area contributed by atoms with E-state index in [1.165, 1.54) is 4.57 Å². The molecule has 2 atom stereocenters. The van der Waals surface area contributed by atoms with E-state index in [1.807, 2.05) is 61.7 Å². The van der Waals surface area contributed by atoms with Crippen LogP contribution in [0.25, 0.3) is 27.2 Å². The fraction of sp³-hybridized carbons (Fsp3) is 0.226. The fourth-order valence-electron chi connectivity index (χ4n) is 6.46. The van der Waals surface area contributed by atoms with Crippen molar-refractivity contribution in [1.29, 1.82) is 5.26 Å². The van der Waals surface area contributed by atoms with Crippen LogP contribution in [0.3, 0.4) is 0 Å². The minimum atomic E-state index is -0.772. The minimum absolute atomic E-state index is 0.0288. The molecule has 38 heavy (non-hydrogen) atoms. The number of aromatic hydroxyl groups is 2. The van der Waals surface area contributed by atoms with Crippen LogP contribution in [-0.2, 0) is 15.9 Å². The lowest BCUT2D eigenvalue weighted by molar-refractivity contribution is -0.0875. The predicted octanol–water partition coefficient (Wildman–Crippen LogP) is 6.17. The van der Waals surface area contributed by atoms with Crippen molar-refractivity contribution >= 4 is 21.5 Å². The third-order valence-corrected chi connectivity index (χ3v) is 8.20. The van der Waals surface area contributed by atoms with Crippen molar-refractivity contribution in [3.05, 3.63) is 89.7 Å². The molecular formula is C31H25N3O4. The Hall–Kier alpha value is -4.54. The second-order valence-corrected chi connectivity index (χ2v) is 10.3. The van der Waals surface area contributed by atoms with Crippen LogP contribution < -0.4 is 4.74 Å². The van der Waals surface area contributed by atoms with E-state index in [0.29, 0.717) is 41.8 Å². The van der Waals surface area contributed by atoms with E-state index in [4.69, 9.17) is 9.47 Å². The molecule has 2 bridgehead atoms. The van der Waals surface area contributed by atoms with Crippen LogP contribution in [-0.4, -0.2) is 26.4 Å². The van der Waals surface area contributed by atoms with Crippen LogP contribution in [0.5, 0.6) is 17.5 Å². The van der Waals surface area contributed by atoms with Gasteiger partial charge in [-0.1, -0.05) is 36.4 Å². The minimum Gasteiger partial charge on any atom is -0.494 e. The molecule has 2 aromatic heterocycles. The second kappa shape index (κ2) is 7.98. The van der Waals surface area contributed by atoms with Gasteiger partial charge in [0.15, 0.2) is 0 Å². The standard InChI is InChI=1S/C31H25N3O4/c1-30-12-13-31(38-30,14-16-37-25-8-4-5-20-18-33-15-11-22(20)25)27-26(30)28(35)34(29(27)36)24-10-9-19(17-32)21-6-2-3-7-23(21)24/h2-11,15,18,35-36H,12-14,16H2,1H3/t30-,31-/m1/s1. The summed E-state index contributed by atoms with van der Waals surface area (Å²) in [4.78, 5) is 4.19. The van der Waals surface area contributed by atoms with Gasteiger partial charge in [-0.15, -0.1) is 0 Å². The normalized spacial score (nSPS) is 21.6. The lowest BCUT2D eigenvalue weighted by Gasteiger charge is -2.26. The highest BCUT2D eigenvalue weighted by Crippen LogP contribution is 2.65. The van der Waals surface area contributed by atoms with Crippen molar-refractivity contribution in [2.24, 2.45) is 0 Å². The summed E-state index contributed by atoms with van der Waals surface area (Å²) < 4.78 is 14.3. The molecule has 7 nitrogen and oxygen atoms in total. The zero-order valence-electron chi connectivity index (χ0n) is 20.8. The van der Waals surface area contributed by atoms with Crippen LogP contribution in [0.2, 0.25) is 0 Å². The van der Waals surface area contributed by atoms with Gasteiger partial charge in [0, 0.05) is 40.4 Å². The molecule has 3 aromatic carbocycles. The lowest BCUT2D eigenvalue weighted by atomic mass is 9.78. The summed E-state index contributed by atoms with van der Waals surface area (Å²) in [5.74, 6) is 0.708. The first-order valence-electron chi connectivity index (χ1n) is 12.7. The average molecular weight is 504 g/mol. The van der Waals surface area contributed by atoms with E-state index >= 15 is 0 Å². The quantitative estimate of drug-likeness (QED) is 0.298. The Bertz CT molecular complexity index is 1800. The smallest absolute Gasteiger partial charge is 0.205 e. The van der Waals surface area contributed by atoms with Crippen molar-refractivity contribution < 1.29 is 19.7 Å². The number of hydrogen-bond donors (Lipinski definition) is 2. The van der Waals surface area contributed by atoms with Crippen LogP contribution in [0, 0.1) is 11.3 Å². The summed E-state index contributed by atoms with van der Waals surface area (Å²) in [7, 11) is 0. The van der Waals surface area contributed by atoms with E-state index in [9.17, 15) is 15.5 Å². The molecule has 0 amide bonds. The van der Waals surface area contributed by atoms with Gasteiger partial charge in [-0.3, -0.25) is 9.55 Å². The van der Waals surface area contributed by atoms with Crippen molar-refractivity contribution in [3.8, 4) is 29.3 Å².